The van der Waals surface area contributed by atoms with E-state index in [1.54, 1.807) is 0 Å². The van der Waals surface area contributed by atoms with E-state index in [9.17, 15) is 30.1 Å². The zero-order chi connectivity index (χ0) is 20.3. The molecule has 0 aliphatic heterocycles. The highest BCUT2D eigenvalue weighted by Crippen LogP contribution is 2.39. The number of nitrogens with zero attached hydrogens (tertiary/aromatic N) is 2. The molecule has 1 fully saturated rings. The number of aromatic hydroxyl groups is 1. The Morgan fingerprint density at radius 2 is 1.64 bits per heavy atom. The highest BCUT2D eigenvalue weighted by Gasteiger charge is 2.28. The molecule has 2 aromatic carbocycles. The van der Waals surface area contributed by atoms with Crippen molar-refractivity contribution in [2.75, 3.05) is 0 Å². The Hall–Kier alpha value is -3.49. The average Bonchev–Trinajstić information content (AvgIpc) is 2.69. The summed E-state index contributed by atoms with van der Waals surface area (Å²) in [4.78, 5) is 33.8. The topological polar surface area (TPSA) is 133 Å². The van der Waals surface area contributed by atoms with Gasteiger partial charge in [0.1, 0.15) is 5.56 Å². The number of phenols is 1. The van der Waals surface area contributed by atoms with E-state index in [4.69, 9.17) is 4.74 Å². The van der Waals surface area contributed by atoms with Crippen molar-refractivity contribution < 1.29 is 24.5 Å². The Labute approximate surface area is 159 Å². The zero-order valence-corrected chi connectivity index (χ0v) is 14.9. The van der Waals surface area contributed by atoms with E-state index in [1.165, 1.54) is 30.3 Å². The Morgan fingerprint density at radius 3 is 2.29 bits per heavy atom. The molecule has 3 rings (SSSR count). The van der Waals surface area contributed by atoms with Crippen molar-refractivity contribution in [1.29, 1.82) is 0 Å². The van der Waals surface area contributed by atoms with Crippen molar-refractivity contribution in [2.45, 2.75) is 38.2 Å². The van der Waals surface area contributed by atoms with Gasteiger partial charge in [0.2, 0.25) is 5.75 Å². The Morgan fingerprint density at radius 1 is 1.00 bits per heavy atom. The maximum Gasteiger partial charge on any atom is 0.315 e. The highest BCUT2D eigenvalue weighted by molar-refractivity contribution is 6.12. The monoisotopic (exact) mass is 386 g/mol. The van der Waals surface area contributed by atoms with Gasteiger partial charge in [0, 0.05) is 17.7 Å². The normalized spacial score (nSPS) is 14.4. The van der Waals surface area contributed by atoms with Crippen LogP contribution in [0.15, 0.2) is 36.4 Å². The largest absolute Gasteiger partial charge is 0.500 e. The summed E-state index contributed by atoms with van der Waals surface area (Å²) in [5, 5.41) is 32.7. The van der Waals surface area contributed by atoms with Gasteiger partial charge in [-0.1, -0.05) is 18.6 Å². The predicted molar refractivity (Wildman–Crippen MR) is 98.8 cm³/mol. The summed E-state index contributed by atoms with van der Waals surface area (Å²) >= 11 is 0. The highest BCUT2D eigenvalue weighted by atomic mass is 16.6. The third-order valence-corrected chi connectivity index (χ3v) is 4.70. The van der Waals surface area contributed by atoms with E-state index in [-0.39, 0.29) is 23.0 Å². The van der Waals surface area contributed by atoms with Crippen LogP contribution in [0.5, 0.6) is 11.5 Å². The van der Waals surface area contributed by atoms with Gasteiger partial charge >= 0.3 is 5.69 Å². The van der Waals surface area contributed by atoms with Crippen LogP contribution in [0, 0.1) is 20.2 Å². The molecule has 0 spiro atoms. The predicted octanol–water partition coefficient (Wildman–Crippen LogP) is 4.15. The number of carbonyl (C=O) groups excluding carboxylic acids is 1. The van der Waals surface area contributed by atoms with Gasteiger partial charge in [-0.05, 0) is 37.8 Å². The molecule has 1 saturated carbocycles. The fraction of sp³-hybridized carbons (Fsp3) is 0.316. The summed E-state index contributed by atoms with van der Waals surface area (Å²) in [6.07, 6.45) is 4.24. The molecule has 9 heteroatoms. The second-order valence-corrected chi connectivity index (χ2v) is 6.58. The molecule has 0 bridgehead atoms. The number of para-hydroxylation sites is 1. The SMILES string of the molecule is O=C(c1cc(OC2CCCCC2)c(O)c([N+](=O)[O-])c1)c1ccccc1[N+](=O)[O-]. The fourth-order valence-corrected chi connectivity index (χ4v) is 3.30. The third kappa shape index (κ3) is 3.93. The number of nitro benzene ring substituents is 2. The number of ketones is 1. The maximum absolute atomic E-state index is 12.8. The summed E-state index contributed by atoms with van der Waals surface area (Å²) < 4.78 is 5.74. The molecule has 1 N–H and O–H groups in total. The first kappa shape index (κ1) is 19.3. The van der Waals surface area contributed by atoms with Crippen LogP contribution in [-0.2, 0) is 0 Å². The van der Waals surface area contributed by atoms with Gasteiger partial charge in [-0.25, -0.2) is 0 Å². The van der Waals surface area contributed by atoms with E-state index < -0.39 is 32.8 Å². The molecule has 0 amide bonds. The molecule has 0 radical (unpaired) electrons. The van der Waals surface area contributed by atoms with Crippen LogP contribution in [-0.4, -0.2) is 26.8 Å². The number of ether oxygens (including phenoxy) is 1. The molecule has 0 unspecified atom stereocenters. The first-order valence-electron chi connectivity index (χ1n) is 8.84. The van der Waals surface area contributed by atoms with E-state index in [2.05, 4.69) is 0 Å². The molecular weight excluding hydrogens is 368 g/mol. The summed E-state index contributed by atoms with van der Waals surface area (Å²) in [5.74, 6) is -1.58. The van der Waals surface area contributed by atoms with Crippen LogP contribution in [0.25, 0.3) is 0 Å². The number of rotatable bonds is 6. The quantitative estimate of drug-likeness (QED) is 0.448. The lowest BCUT2D eigenvalue weighted by Gasteiger charge is -2.23. The first-order valence-corrected chi connectivity index (χ1v) is 8.84. The van der Waals surface area contributed by atoms with Crippen LogP contribution >= 0.6 is 0 Å². The molecule has 9 nitrogen and oxygen atoms in total. The third-order valence-electron chi connectivity index (χ3n) is 4.70. The number of benzene rings is 2. The van der Waals surface area contributed by atoms with Crippen LogP contribution in [0.1, 0.15) is 48.0 Å². The fourth-order valence-electron chi connectivity index (χ4n) is 3.30. The van der Waals surface area contributed by atoms with E-state index in [0.29, 0.717) is 0 Å². The van der Waals surface area contributed by atoms with Crippen molar-refractivity contribution >= 4 is 17.2 Å². The van der Waals surface area contributed by atoms with Crippen LogP contribution in [0.3, 0.4) is 0 Å². The van der Waals surface area contributed by atoms with Gasteiger partial charge in [-0.15, -0.1) is 0 Å². The number of phenolic OH excluding ortho intramolecular Hbond substituents is 1. The molecule has 2 aromatic rings. The Kier molecular flexibility index (Phi) is 5.53. The van der Waals surface area contributed by atoms with Crippen LogP contribution in [0.4, 0.5) is 11.4 Å². The molecule has 0 atom stereocenters. The second kappa shape index (κ2) is 8.03. The van der Waals surface area contributed by atoms with Gasteiger partial charge < -0.3 is 9.84 Å². The molecule has 1 aliphatic rings. The smallest absolute Gasteiger partial charge is 0.315 e. The lowest BCUT2D eigenvalue weighted by Crippen LogP contribution is -2.20. The van der Waals surface area contributed by atoms with Crippen molar-refractivity contribution in [3.05, 3.63) is 67.8 Å². The minimum atomic E-state index is -0.820. The Balaban J connectivity index is 2.04. The summed E-state index contributed by atoms with van der Waals surface area (Å²) in [7, 11) is 0. The summed E-state index contributed by atoms with van der Waals surface area (Å²) in [6, 6.07) is 7.46. The number of nitro groups is 2. The molecule has 146 valence electrons. The molecular formula is C19H18N2O7. The number of carbonyl (C=O) groups is 1. The molecule has 0 aromatic heterocycles. The minimum absolute atomic E-state index is 0.162. The van der Waals surface area contributed by atoms with Gasteiger partial charge in [0.05, 0.1) is 16.0 Å². The average molecular weight is 386 g/mol. The van der Waals surface area contributed by atoms with Crippen molar-refractivity contribution in [3.8, 4) is 11.5 Å². The second-order valence-electron chi connectivity index (χ2n) is 6.58. The lowest BCUT2D eigenvalue weighted by molar-refractivity contribution is -0.386. The van der Waals surface area contributed by atoms with Crippen molar-refractivity contribution in [1.82, 2.24) is 0 Å². The minimum Gasteiger partial charge on any atom is -0.500 e. The standard InChI is InChI=1S/C19H18N2O7/c22-18(14-8-4-5-9-15(14)20(24)25)12-10-16(21(26)27)19(23)17(11-12)28-13-6-2-1-3-7-13/h4-5,8-11,13,23H,1-3,6-7H2. The van der Waals surface area contributed by atoms with Gasteiger partial charge in [0.25, 0.3) is 5.69 Å². The van der Waals surface area contributed by atoms with Gasteiger partial charge in [0.15, 0.2) is 11.5 Å². The molecule has 1 aliphatic carbocycles. The first-order chi connectivity index (χ1) is 13.4. The van der Waals surface area contributed by atoms with Crippen molar-refractivity contribution in [3.63, 3.8) is 0 Å². The zero-order valence-electron chi connectivity index (χ0n) is 14.9. The van der Waals surface area contributed by atoms with Gasteiger partial charge in [-0.3, -0.25) is 25.0 Å². The van der Waals surface area contributed by atoms with E-state index in [1.807, 2.05) is 0 Å². The Bertz CT molecular complexity index is 936. The van der Waals surface area contributed by atoms with Crippen LogP contribution in [0.2, 0.25) is 0 Å². The number of hydrogen-bond donors (Lipinski definition) is 1. The van der Waals surface area contributed by atoms with E-state index in [0.717, 1.165) is 38.2 Å². The van der Waals surface area contributed by atoms with Crippen molar-refractivity contribution in [2.24, 2.45) is 0 Å². The van der Waals surface area contributed by atoms with Gasteiger partial charge in [-0.2, -0.15) is 0 Å². The maximum atomic E-state index is 12.8. The lowest BCUT2D eigenvalue weighted by atomic mass is 9.97. The molecule has 28 heavy (non-hydrogen) atoms. The molecule has 0 heterocycles. The van der Waals surface area contributed by atoms with Crippen LogP contribution < -0.4 is 4.74 Å². The molecule has 0 saturated heterocycles. The summed E-state index contributed by atoms with van der Waals surface area (Å²) in [6.45, 7) is 0. The number of hydrogen-bond acceptors (Lipinski definition) is 7. The van der Waals surface area contributed by atoms with E-state index >= 15 is 0 Å². The summed E-state index contributed by atoms with van der Waals surface area (Å²) in [5.41, 5.74) is -1.45.